The largest absolute Gasteiger partial charge is 0.457 e. The van der Waals surface area contributed by atoms with Crippen LogP contribution < -0.4 is 0 Å². The second kappa shape index (κ2) is 40.6. The Morgan fingerprint density at radius 2 is 0.860 bits per heavy atom. The van der Waals surface area contributed by atoms with Gasteiger partial charge in [0.15, 0.2) is 6.29 Å². The van der Waals surface area contributed by atoms with Crippen LogP contribution >= 0.6 is 0 Å². The zero-order valence-corrected chi connectivity index (χ0v) is 37.4. The molecule has 1 fully saturated rings. The number of unbranched alkanes of at least 4 members (excludes halogenated alkanes) is 32. The third-order valence-corrected chi connectivity index (χ3v) is 11.8. The molecule has 340 valence electrons. The summed E-state index contributed by atoms with van der Waals surface area (Å²) in [6.45, 7) is 4.62. The number of hydrogen-bond donors (Lipinski definition) is 4. The number of rotatable bonds is 43. The van der Waals surface area contributed by atoms with Gasteiger partial charge in [-0.3, -0.25) is 4.79 Å². The molecule has 0 aromatic carbocycles. The fraction of sp³-hybridized carbons (Fsp3) is 0.979. The van der Waals surface area contributed by atoms with Crippen molar-refractivity contribution in [2.75, 3.05) is 26.4 Å². The number of esters is 1. The van der Waals surface area contributed by atoms with E-state index in [2.05, 4.69) is 13.8 Å². The predicted molar refractivity (Wildman–Crippen MR) is 233 cm³/mol. The van der Waals surface area contributed by atoms with Crippen molar-refractivity contribution in [1.82, 2.24) is 0 Å². The number of hydrogen-bond acceptors (Lipinski definition) is 9. The molecule has 9 nitrogen and oxygen atoms in total. The summed E-state index contributed by atoms with van der Waals surface area (Å²) < 4.78 is 22.9. The third-order valence-electron chi connectivity index (χ3n) is 11.8. The average molecular weight is 815 g/mol. The van der Waals surface area contributed by atoms with Gasteiger partial charge in [0, 0.05) is 13.0 Å². The van der Waals surface area contributed by atoms with Gasteiger partial charge in [-0.1, -0.05) is 219 Å². The van der Waals surface area contributed by atoms with E-state index < -0.39 is 43.4 Å². The fourth-order valence-corrected chi connectivity index (χ4v) is 7.91. The number of aliphatic hydroxyl groups is 4. The van der Waals surface area contributed by atoms with Crippen LogP contribution in [0.4, 0.5) is 0 Å². The Labute approximate surface area is 351 Å². The molecule has 1 aliphatic heterocycles. The zero-order valence-electron chi connectivity index (χ0n) is 37.4. The zero-order chi connectivity index (χ0) is 41.4. The molecule has 0 saturated carbocycles. The lowest BCUT2D eigenvalue weighted by molar-refractivity contribution is -0.305. The topological polar surface area (TPSA) is 135 Å². The molecule has 0 aromatic rings. The van der Waals surface area contributed by atoms with Gasteiger partial charge in [-0.25, -0.2) is 0 Å². The molecule has 0 aliphatic carbocycles. The first-order chi connectivity index (χ1) is 27.9. The average Bonchev–Trinajstić information content (AvgIpc) is 3.21. The Hall–Kier alpha value is -0.810. The quantitative estimate of drug-likeness (QED) is 0.0350. The van der Waals surface area contributed by atoms with Crippen LogP contribution in [0.1, 0.15) is 239 Å². The second-order valence-electron chi connectivity index (χ2n) is 17.3. The van der Waals surface area contributed by atoms with Crippen LogP contribution in [0.5, 0.6) is 0 Å². The van der Waals surface area contributed by atoms with Crippen molar-refractivity contribution in [3.05, 3.63) is 0 Å². The van der Waals surface area contributed by atoms with E-state index in [1.165, 1.54) is 186 Å². The first kappa shape index (κ1) is 54.2. The maximum absolute atomic E-state index is 12.8. The van der Waals surface area contributed by atoms with Crippen molar-refractivity contribution in [3.63, 3.8) is 0 Å². The molecule has 4 N–H and O–H groups in total. The Bertz CT molecular complexity index is 843. The normalized spacial score (nSPS) is 20.3. The number of carbonyl (C=O) groups is 1. The standard InChI is InChI=1S/C48H94O9/c1-3-5-7-9-11-13-15-17-19-20-21-22-23-24-25-27-29-31-33-35-37-44(50)56-42(41-55-48-47(53)46(52)45(51)43(39-49)57-48)40-54-38-36-34-32-30-28-26-18-16-14-12-10-8-6-4-2/h42-43,45-49,51-53H,3-41H2,1-2H3. The van der Waals surface area contributed by atoms with E-state index in [4.69, 9.17) is 18.9 Å². The van der Waals surface area contributed by atoms with Gasteiger partial charge in [0.25, 0.3) is 0 Å². The van der Waals surface area contributed by atoms with E-state index in [0.717, 1.165) is 32.1 Å². The summed E-state index contributed by atoms with van der Waals surface area (Å²) >= 11 is 0. The molecule has 1 heterocycles. The van der Waals surface area contributed by atoms with Crippen molar-refractivity contribution in [3.8, 4) is 0 Å². The summed E-state index contributed by atoms with van der Waals surface area (Å²) in [7, 11) is 0. The van der Waals surface area contributed by atoms with E-state index >= 15 is 0 Å². The van der Waals surface area contributed by atoms with E-state index in [1.807, 2.05) is 0 Å². The highest BCUT2D eigenvalue weighted by atomic mass is 16.7. The highest BCUT2D eigenvalue weighted by Crippen LogP contribution is 2.23. The second-order valence-corrected chi connectivity index (χ2v) is 17.3. The lowest BCUT2D eigenvalue weighted by atomic mass is 9.99. The van der Waals surface area contributed by atoms with Crippen LogP contribution in [0, 0.1) is 0 Å². The molecule has 6 unspecified atom stereocenters. The van der Waals surface area contributed by atoms with Gasteiger partial charge >= 0.3 is 5.97 Å². The van der Waals surface area contributed by atoms with E-state index in [9.17, 15) is 25.2 Å². The first-order valence-electron chi connectivity index (χ1n) is 24.6. The highest BCUT2D eigenvalue weighted by Gasteiger charge is 2.44. The van der Waals surface area contributed by atoms with Gasteiger partial charge in [0.2, 0.25) is 0 Å². The van der Waals surface area contributed by atoms with Crippen LogP contribution in [0.25, 0.3) is 0 Å². The van der Waals surface area contributed by atoms with E-state index in [-0.39, 0.29) is 19.2 Å². The van der Waals surface area contributed by atoms with Crippen molar-refractivity contribution in [2.24, 2.45) is 0 Å². The Kier molecular flexibility index (Phi) is 38.6. The minimum atomic E-state index is -1.53. The van der Waals surface area contributed by atoms with Crippen molar-refractivity contribution in [1.29, 1.82) is 0 Å². The summed E-state index contributed by atoms with van der Waals surface area (Å²) in [4.78, 5) is 12.8. The lowest BCUT2D eigenvalue weighted by Crippen LogP contribution is -2.59. The molecule has 6 atom stereocenters. The molecule has 0 spiro atoms. The summed E-state index contributed by atoms with van der Waals surface area (Å²) in [6.07, 6.45) is 37.0. The summed E-state index contributed by atoms with van der Waals surface area (Å²) in [6, 6.07) is 0. The maximum atomic E-state index is 12.8. The van der Waals surface area contributed by atoms with Crippen molar-refractivity contribution < 1.29 is 44.2 Å². The summed E-state index contributed by atoms with van der Waals surface area (Å²) in [5, 5.41) is 40.2. The predicted octanol–water partition coefficient (Wildman–Crippen LogP) is 11.4. The van der Waals surface area contributed by atoms with E-state index in [0.29, 0.717) is 13.0 Å². The minimum absolute atomic E-state index is 0.105. The Balaban J connectivity index is 2.19. The van der Waals surface area contributed by atoms with E-state index in [1.54, 1.807) is 0 Å². The molecule has 57 heavy (non-hydrogen) atoms. The maximum Gasteiger partial charge on any atom is 0.306 e. The van der Waals surface area contributed by atoms with Gasteiger partial charge in [-0.15, -0.1) is 0 Å². The molecule has 9 heteroatoms. The fourth-order valence-electron chi connectivity index (χ4n) is 7.91. The number of carbonyl (C=O) groups excluding carboxylic acids is 1. The molecule has 0 bridgehead atoms. The molecule has 1 aliphatic rings. The van der Waals surface area contributed by atoms with Gasteiger partial charge in [0.1, 0.15) is 30.5 Å². The summed E-state index contributed by atoms with van der Waals surface area (Å²) in [5.41, 5.74) is 0. The van der Waals surface area contributed by atoms with Crippen LogP contribution in [0.2, 0.25) is 0 Å². The molecular weight excluding hydrogens is 721 g/mol. The van der Waals surface area contributed by atoms with Crippen molar-refractivity contribution in [2.45, 2.75) is 275 Å². The molecule has 0 amide bonds. The lowest BCUT2D eigenvalue weighted by Gasteiger charge is -2.39. The smallest absolute Gasteiger partial charge is 0.306 e. The number of ether oxygens (including phenoxy) is 4. The molecule has 1 saturated heterocycles. The molecular formula is C48H94O9. The van der Waals surface area contributed by atoms with Gasteiger partial charge < -0.3 is 39.4 Å². The summed E-state index contributed by atoms with van der Waals surface area (Å²) in [5.74, 6) is -0.306. The molecule has 0 radical (unpaired) electrons. The SMILES string of the molecule is CCCCCCCCCCCCCCCCCCCCCCC(=O)OC(COCCCCCCCCCCCCCCCC)COC1OC(CO)C(O)C(O)C1O. The molecule has 1 rings (SSSR count). The van der Waals surface area contributed by atoms with Crippen LogP contribution in [0.15, 0.2) is 0 Å². The minimum Gasteiger partial charge on any atom is -0.457 e. The van der Waals surface area contributed by atoms with Gasteiger partial charge in [0.05, 0.1) is 19.8 Å². The monoisotopic (exact) mass is 815 g/mol. The Morgan fingerprint density at radius 1 is 0.491 bits per heavy atom. The van der Waals surface area contributed by atoms with Crippen molar-refractivity contribution >= 4 is 5.97 Å². The van der Waals surface area contributed by atoms with Crippen LogP contribution in [-0.2, 0) is 23.7 Å². The van der Waals surface area contributed by atoms with Crippen LogP contribution in [0.3, 0.4) is 0 Å². The molecule has 0 aromatic heterocycles. The third kappa shape index (κ3) is 31.7. The van der Waals surface area contributed by atoms with Gasteiger partial charge in [-0.2, -0.15) is 0 Å². The first-order valence-corrected chi connectivity index (χ1v) is 24.6. The van der Waals surface area contributed by atoms with Gasteiger partial charge in [-0.05, 0) is 12.8 Å². The highest BCUT2D eigenvalue weighted by molar-refractivity contribution is 5.69. The number of aliphatic hydroxyl groups excluding tert-OH is 4. The Morgan fingerprint density at radius 3 is 1.25 bits per heavy atom. The van der Waals surface area contributed by atoms with Crippen LogP contribution in [-0.4, -0.2) is 89.6 Å².